The number of anilines is 1. The highest BCUT2D eigenvalue weighted by molar-refractivity contribution is 14.1. The molecule has 0 aliphatic heterocycles. The van der Waals surface area contributed by atoms with Crippen LogP contribution in [-0.2, 0) is 0 Å². The van der Waals surface area contributed by atoms with Crippen molar-refractivity contribution in [2.75, 3.05) is 11.9 Å². The van der Waals surface area contributed by atoms with Crippen molar-refractivity contribution in [1.82, 2.24) is 0 Å². The Morgan fingerprint density at radius 3 is 2.65 bits per heavy atom. The molecule has 17 heavy (non-hydrogen) atoms. The molecule has 0 atom stereocenters. The van der Waals surface area contributed by atoms with Crippen LogP contribution in [0.2, 0.25) is 0 Å². The zero-order valence-corrected chi connectivity index (χ0v) is 11.6. The second-order valence-electron chi connectivity index (χ2n) is 4.25. The number of rotatable bonds is 4. The summed E-state index contributed by atoms with van der Waals surface area (Å²) in [6.07, 6.45) is 0. The van der Waals surface area contributed by atoms with Gasteiger partial charge in [0.25, 0.3) is 5.69 Å². The van der Waals surface area contributed by atoms with Gasteiger partial charge in [-0.1, -0.05) is 0 Å². The molecular formula is C10H13FIN3O2. The number of benzene rings is 1. The van der Waals surface area contributed by atoms with E-state index in [1.54, 1.807) is 36.4 Å². The van der Waals surface area contributed by atoms with E-state index in [1.807, 2.05) is 0 Å². The number of nitro groups is 1. The van der Waals surface area contributed by atoms with Gasteiger partial charge in [0, 0.05) is 24.2 Å². The predicted octanol–water partition coefficient (Wildman–Crippen LogP) is 2.49. The summed E-state index contributed by atoms with van der Waals surface area (Å²) in [6.45, 7) is 3.84. The van der Waals surface area contributed by atoms with Gasteiger partial charge in [0.05, 0.1) is 8.49 Å². The van der Waals surface area contributed by atoms with Gasteiger partial charge in [-0.3, -0.25) is 10.1 Å². The molecule has 0 aromatic heterocycles. The second-order valence-corrected chi connectivity index (χ2v) is 5.42. The number of nitrogens with one attached hydrogen (secondary N) is 1. The Morgan fingerprint density at radius 2 is 2.18 bits per heavy atom. The molecule has 5 nitrogen and oxygen atoms in total. The Kier molecular flexibility index (Phi) is 4.26. The molecule has 1 rings (SSSR count). The number of nitro benzene ring substituents is 1. The van der Waals surface area contributed by atoms with Crippen LogP contribution in [0.15, 0.2) is 12.1 Å². The van der Waals surface area contributed by atoms with E-state index in [0.29, 0.717) is 0 Å². The molecule has 0 spiro atoms. The fraction of sp³-hybridized carbons (Fsp3) is 0.400. The van der Waals surface area contributed by atoms with E-state index in [0.717, 1.165) is 6.07 Å². The molecular weight excluding hydrogens is 340 g/mol. The highest BCUT2D eigenvalue weighted by Crippen LogP contribution is 2.30. The highest BCUT2D eigenvalue weighted by atomic mass is 127. The summed E-state index contributed by atoms with van der Waals surface area (Å²) in [6, 6.07) is 2.32. The number of hydrogen-bond acceptors (Lipinski definition) is 4. The van der Waals surface area contributed by atoms with Gasteiger partial charge in [-0.15, -0.1) is 0 Å². The zero-order valence-electron chi connectivity index (χ0n) is 9.46. The van der Waals surface area contributed by atoms with Crippen molar-refractivity contribution in [1.29, 1.82) is 0 Å². The van der Waals surface area contributed by atoms with Crippen molar-refractivity contribution in [2.45, 2.75) is 19.4 Å². The molecule has 94 valence electrons. The first kappa shape index (κ1) is 14.1. The average Bonchev–Trinajstić information content (AvgIpc) is 2.22. The van der Waals surface area contributed by atoms with Crippen LogP contribution in [0.3, 0.4) is 0 Å². The Bertz CT molecular complexity index is 451. The first-order valence-corrected chi connectivity index (χ1v) is 5.96. The lowest BCUT2D eigenvalue weighted by atomic mass is 10.1. The van der Waals surface area contributed by atoms with E-state index in [-0.39, 0.29) is 21.5 Å². The minimum absolute atomic E-state index is 0.142. The Hall–Kier alpha value is -0.960. The van der Waals surface area contributed by atoms with Crippen LogP contribution in [0.5, 0.6) is 0 Å². The maximum absolute atomic E-state index is 13.4. The van der Waals surface area contributed by atoms with Crippen LogP contribution < -0.4 is 11.1 Å². The normalized spacial score (nSPS) is 11.4. The Morgan fingerprint density at radius 1 is 1.59 bits per heavy atom. The summed E-state index contributed by atoms with van der Waals surface area (Å²) < 4.78 is 13.6. The molecule has 0 saturated heterocycles. The van der Waals surface area contributed by atoms with Crippen LogP contribution in [0.1, 0.15) is 13.8 Å². The maximum Gasteiger partial charge on any atom is 0.293 e. The fourth-order valence-corrected chi connectivity index (χ4v) is 1.65. The maximum atomic E-state index is 13.4. The van der Waals surface area contributed by atoms with E-state index in [2.05, 4.69) is 5.32 Å². The van der Waals surface area contributed by atoms with Gasteiger partial charge in [0.2, 0.25) is 0 Å². The highest BCUT2D eigenvalue weighted by Gasteiger charge is 2.23. The predicted molar refractivity (Wildman–Crippen MR) is 72.5 cm³/mol. The summed E-state index contributed by atoms with van der Waals surface area (Å²) in [7, 11) is 0. The van der Waals surface area contributed by atoms with Crippen molar-refractivity contribution >= 4 is 34.0 Å². The summed E-state index contributed by atoms with van der Waals surface area (Å²) >= 11 is 1.71. The third-order valence-electron chi connectivity index (χ3n) is 2.22. The van der Waals surface area contributed by atoms with E-state index in [1.165, 1.54) is 6.07 Å². The standard InChI is InChI=1S/C10H13FIN3O2/c1-10(2,5-13)14-8-3-6(11)7(12)4-9(8)15(16)17/h3-4,14H,5,13H2,1-2H3. The first-order valence-electron chi connectivity index (χ1n) is 4.88. The van der Waals surface area contributed by atoms with Crippen molar-refractivity contribution in [3.63, 3.8) is 0 Å². The average molecular weight is 353 g/mol. The molecule has 0 radical (unpaired) electrons. The van der Waals surface area contributed by atoms with Gasteiger partial charge >= 0.3 is 0 Å². The number of nitrogens with zero attached hydrogens (tertiary/aromatic N) is 1. The first-order chi connectivity index (χ1) is 7.76. The van der Waals surface area contributed by atoms with Gasteiger partial charge in [-0.05, 0) is 36.4 Å². The SMILES string of the molecule is CC(C)(CN)Nc1cc(F)c(I)cc1[N+](=O)[O-]. The van der Waals surface area contributed by atoms with Crippen molar-refractivity contribution in [3.05, 3.63) is 31.6 Å². The zero-order chi connectivity index (χ0) is 13.2. The van der Waals surface area contributed by atoms with Gasteiger partial charge in [-0.2, -0.15) is 0 Å². The van der Waals surface area contributed by atoms with Gasteiger partial charge < -0.3 is 11.1 Å². The molecule has 0 heterocycles. The van der Waals surface area contributed by atoms with E-state index in [4.69, 9.17) is 5.73 Å². The van der Waals surface area contributed by atoms with Crippen molar-refractivity contribution < 1.29 is 9.31 Å². The lowest BCUT2D eigenvalue weighted by Gasteiger charge is -2.25. The quantitative estimate of drug-likeness (QED) is 0.495. The topological polar surface area (TPSA) is 81.2 Å². The number of nitrogens with two attached hydrogens (primary N) is 1. The van der Waals surface area contributed by atoms with Crippen LogP contribution in [0.25, 0.3) is 0 Å². The largest absolute Gasteiger partial charge is 0.373 e. The van der Waals surface area contributed by atoms with E-state index in [9.17, 15) is 14.5 Å². The van der Waals surface area contributed by atoms with Crippen LogP contribution in [0.4, 0.5) is 15.8 Å². The molecule has 0 bridgehead atoms. The molecule has 7 heteroatoms. The summed E-state index contributed by atoms with van der Waals surface area (Å²) in [5.41, 5.74) is 4.97. The number of halogens is 2. The molecule has 0 saturated carbocycles. The van der Waals surface area contributed by atoms with Gasteiger partial charge in [0.1, 0.15) is 11.5 Å². The minimum Gasteiger partial charge on any atom is -0.373 e. The molecule has 0 aliphatic rings. The van der Waals surface area contributed by atoms with Crippen molar-refractivity contribution in [2.24, 2.45) is 5.73 Å². The third-order valence-corrected chi connectivity index (χ3v) is 3.05. The van der Waals surface area contributed by atoms with Gasteiger partial charge in [0.15, 0.2) is 0 Å². The summed E-state index contributed by atoms with van der Waals surface area (Å²) in [4.78, 5) is 10.3. The lowest BCUT2D eigenvalue weighted by molar-refractivity contribution is -0.384. The smallest absolute Gasteiger partial charge is 0.293 e. The second kappa shape index (κ2) is 5.13. The summed E-state index contributed by atoms with van der Waals surface area (Å²) in [5, 5.41) is 13.7. The molecule has 3 N–H and O–H groups in total. The summed E-state index contributed by atoms with van der Waals surface area (Å²) in [5.74, 6) is -0.494. The van der Waals surface area contributed by atoms with E-state index < -0.39 is 16.3 Å². The Balaban J connectivity index is 3.22. The third kappa shape index (κ3) is 3.50. The molecule has 0 aliphatic carbocycles. The molecule has 0 amide bonds. The lowest BCUT2D eigenvalue weighted by Crippen LogP contribution is -2.39. The molecule has 0 unspecified atom stereocenters. The minimum atomic E-state index is -0.545. The van der Waals surface area contributed by atoms with Crippen LogP contribution in [-0.4, -0.2) is 17.0 Å². The fourth-order valence-electron chi connectivity index (χ4n) is 1.20. The molecule has 1 aromatic carbocycles. The van der Waals surface area contributed by atoms with Crippen LogP contribution >= 0.6 is 22.6 Å². The van der Waals surface area contributed by atoms with Crippen molar-refractivity contribution in [3.8, 4) is 0 Å². The Labute approximate surface area is 112 Å². The number of hydrogen-bond donors (Lipinski definition) is 2. The monoisotopic (exact) mass is 353 g/mol. The van der Waals surface area contributed by atoms with Gasteiger partial charge in [-0.25, -0.2) is 4.39 Å². The molecule has 0 fully saturated rings. The van der Waals surface area contributed by atoms with Crippen LogP contribution in [0, 0.1) is 19.5 Å². The van der Waals surface area contributed by atoms with E-state index >= 15 is 0 Å². The molecule has 1 aromatic rings.